The molecule has 14 heavy (non-hydrogen) atoms. The normalized spacial score (nSPS) is 14.2. The molecule has 0 aliphatic heterocycles. The molecule has 1 amide bonds. The van der Waals surface area contributed by atoms with Crippen molar-refractivity contribution in [2.75, 3.05) is 6.26 Å². The second-order valence-corrected chi connectivity index (χ2v) is 6.06. The highest BCUT2D eigenvalue weighted by Crippen LogP contribution is 2.03. The lowest BCUT2D eigenvalue weighted by Crippen LogP contribution is -2.48. The summed E-state index contributed by atoms with van der Waals surface area (Å²) in [6.07, 6.45) is 0.983. The number of nitrogens with zero attached hydrogens (tertiary/aromatic N) is 1. The van der Waals surface area contributed by atoms with Crippen molar-refractivity contribution in [3.8, 4) is 6.07 Å². The maximum Gasteiger partial charge on any atom is 0.239 e. The van der Waals surface area contributed by atoms with Gasteiger partial charge >= 0.3 is 0 Å². The summed E-state index contributed by atoms with van der Waals surface area (Å²) in [5.74, 6) is -0.654. The Hall–Kier alpha value is -1.09. The fourth-order valence-electron chi connectivity index (χ4n) is 0.632. The summed E-state index contributed by atoms with van der Waals surface area (Å²) in [6.45, 7) is 4.29. The van der Waals surface area contributed by atoms with E-state index in [-0.39, 0.29) is 0 Å². The molecule has 0 saturated carbocycles. The predicted molar refractivity (Wildman–Crippen MR) is 52.1 cm³/mol. The zero-order valence-corrected chi connectivity index (χ0v) is 9.47. The van der Waals surface area contributed by atoms with Crippen molar-refractivity contribution in [1.29, 1.82) is 5.26 Å². The topological polar surface area (TPSA) is 87.0 Å². The number of nitriles is 1. The van der Waals surface area contributed by atoms with Gasteiger partial charge in [0.05, 0.1) is 6.07 Å². The van der Waals surface area contributed by atoms with Crippen LogP contribution in [0.3, 0.4) is 0 Å². The van der Waals surface area contributed by atoms with Gasteiger partial charge in [0.2, 0.25) is 5.91 Å². The molecule has 0 radical (unpaired) electrons. The van der Waals surface area contributed by atoms with E-state index in [4.69, 9.17) is 5.26 Å². The summed E-state index contributed by atoms with van der Waals surface area (Å²) in [6, 6.07) is 1.85. The smallest absolute Gasteiger partial charge is 0.239 e. The van der Waals surface area contributed by atoms with E-state index in [2.05, 4.69) is 5.32 Å². The number of rotatable bonds is 3. The van der Waals surface area contributed by atoms with Crippen LogP contribution in [-0.2, 0) is 14.6 Å². The summed E-state index contributed by atoms with van der Waals surface area (Å²) in [7, 11) is -3.40. The molecule has 80 valence electrons. The van der Waals surface area contributed by atoms with Crippen LogP contribution < -0.4 is 5.32 Å². The van der Waals surface area contributed by atoms with Crippen LogP contribution >= 0.6 is 0 Å². The van der Waals surface area contributed by atoms with E-state index in [1.165, 1.54) is 20.8 Å². The van der Waals surface area contributed by atoms with Gasteiger partial charge < -0.3 is 5.32 Å². The summed E-state index contributed by atoms with van der Waals surface area (Å²) in [5, 5.41) is 9.82. The van der Waals surface area contributed by atoms with Gasteiger partial charge in [0.25, 0.3) is 0 Å². The molecule has 0 rings (SSSR count). The fourth-order valence-corrected chi connectivity index (χ4v) is 1.08. The summed E-state index contributed by atoms with van der Waals surface area (Å²) in [5.41, 5.74) is -1.05. The molecule has 0 aliphatic rings. The lowest BCUT2D eigenvalue weighted by molar-refractivity contribution is -0.121. The van der Waals surface area contributed by atoms with Gasteiger partial charge in [0.1, 0.15) is 10.8 Å². The molecule has 0 aromatic rings. The van der Waals surface area contributed by atoms with Crippen LogP contribution in [0.4, 0.5) is 0 Å². The maximum atomic E-state index is 11.3. The van der Waals surface area contributed by atoms with Crippen molar-refractivity contribution >= 4 is 15.7 Å². The molecule has 0 bridgehead atoms. The number of carbonyl (C=O) groups is 1. The first-order valence-corrected chi connectivity index (χ1v) is 5.98. The van der Waals surface area contributed by atoms with E-state index in [1.807, 2.05) is 6.07 Å². The van der Waals surface area contributed by atoms with Crippen molar-refractivity contribution in [2.45, 2.75) is 31.6 Å². The molecule has 0 fully saturated rings. The van der Waals surface area contributed by atoms with Gasteiger partial charge in [-0.25, -0.2) is 8.42 Å². The quantitative estimate of drug-likeness (QED) is 0.713. The number of hydrogen-bond donors (Lipinski definition) is 1. The van der Waals surface area contributed by atoms with E-state index in [0.717, 1.165) is 6.26 Å². The van der Waals surface area contributed by atoms with Crippen LogP contribution in [0.25, 0.3) is 0 Å². The van der Waals surface area contributed by atoms with Gasteiger partial charge in [-0.15, -0.1) is 0 Å². The molecule has 0 aromatic carbocycles. The SMILES string of the molecule is CC(C(=O)NC(C)(C)C#N)S(C)(=O)=O. The van der Waals surface area contributed by atoms with Crippen LogP contribution in [0.1, 0.15) is 20.8 Å². The third kappa shape index (κ3) is 3.75. The van der Waals surface area contributed by atoms with Crippen molar-refractivity contribution < 1.29 is 13.2 Å². The Morgan fingerprint density at radius 1 is 1.50 bits per heavy atom. The minimum absolute atomic E-state index is 0.654. The number of carbonyl (C=O) groups excluding carboxylic acids is 1. The lowest BCUT2D eigenvalue weighted by Gasteiger charge is -2.19. The number of nitrogens with one attached hydrogen (secondary N) is 1. The van der Waals surface area contributed by atoms with E-state index in [9.17, 15) is 13.2 Å². The molecular formula is C8H14N2O3S. The first-order chi connectivity index (χ1) is 6.10. The van der Waals surface area contributed by atoms with Gasteiger partial charge in [0, 0.05) is 6.26 Å². The Labute approximate surface area is 84.0 Å². The standard InChI is InChI=1S/C8H14N2O3S/c1-6(14(4,12)13)7(11)10-8(2,3)5-9/h6H,1-4H3,(H,10,11). The van der Waals surface area contributed by atoms with Gasteiger partial charge in [-0.05, 0) is 20.8 Å². The van der Waals surface area contributed by atoms with Crippen molar-refractivity contribution in [2.24, 2.45) is 0 Å². The van der Waals surface area contributed by atoms with Crippen LogP contribution in [0, 0.1) is 11.3 Å². The molecular weight excluding hydrogens is 204 g/mol. The molecule has 0 heterocycles. The predicted octanol–water partition coefficient (Wildman–Crippen LogP) is -0.162. The van der Waals surface area contributed by atoms with Gasteiger partial charge in [-0.2, -0.15) is 5.26 Å². The van der Waals surface area contributed by atoms with Gasteiger partial charge in [0.15, 0.2) is 9.84 Å². The molecule has 0 aliphatic carbocycles. The van der Waals surface area contributed by atoms with Crippen LogP contribution in [-0.4, -0.2) is 31.4 Å². The van der Waals surface area contributed by atoms with Crippen molar-refractivity contribution in [3.63, 3.8) is 0 Å². The zero-order chi connectivity index (χ0) is 11.6. The molecule has 6 heteroatoms. The Morgan fingerprint density at radius 2 is 1.93 bits per heavy atom. The first-order valence-electron chi connectivity index (χ1n) is 4.02. The number of hydrogen-bond acceptors (Lipinski definition) is 4. The maximum absolute atomic E-state index is 11.3. The summed E-state index contributed by atoms with van der Waals surface area (Å²) < 4.78 is 22.0. The zero-order valence-electron chi connectivity index (χ0n) is 8.66. The summed E-state index contributed by atoms with van der Waals surface area (Å²) >= 11 is 0. The minimum atomic E-state index is -3.40. The average Bonchev–Trinajstić information content (AvgIpc) is 2.00. The second kappa shape index (κ2) is 3.96. The number of amides is 1. The third-order valence-corrected chi connectivity index (χ3v) is 3.23. The van der Waals surface area contributed by atoms with Gasteiger partial charge in [-0.1, -0.05) is 0 Å². The Balaban J connectivity index is 4.63. The molecule has 1 N–H and O–H groups in total. The highest BCUT2D eigenvalue weighted by Gasteiger charge is 2.28. The van der Waals surface area contributed by atoms with Crippen molar-refractivity contribution in [3.05, 3.63) is 0 Å². The minimum Gasteiger partial charge on any atom is -0.337 e. The monoisotopic (exact) mass is 218 g/mol. The van der Waals surface area contributed by atoms with E-state index >= 15 is 0 Å². The highest BCUT2D eigenvalue weighted by molar-refractivity contribution is 7.92. The molecule has 0 aromatic heterocycles. The third-order valence-electron chi connectivity index (χ3n) is 1.73. The second-order valence-electron chi connectivity index (χ2n) is 3.70. The lowest BCUT2D eigenvalue weighted by atomic mass is 10.1. The summed E-state index contributed by atoms with van der Waals surface area (Å²) in [4.78, 5) is 11.3. The fraction of sp³-hybridized carbons (Fsp3) is 0.750. The van der Waals surface area contributed by atoms with E-state index < -0.39 is 26.5 Å². The Bertz CT molecular complexity index is 365. The van der Waals surface area contributed by atoms with E-state index in [1.54, 1.807) is 0 Å². The largest absolute Gasteiger partial charge is 0.337 e. The molecule has 0 spiro atoms. The Morgan fingerprint density at radius 3 is 2.21 bits per heavy atom. The first kappa shape index (κ1) is 12.9. The molecule has 0 saturated heterocycles. The molecule has 1 unspecified atom stereocenters. The van der Waals surface area contributed by atoms with Gasteiger partial charge in [-0.3, -0.25) is 4.79 Å². The molecule has 1 atom stereocenters. The van der Waals surface area contributed by atoms with Crippen molar-refractivity contribution in [1.82, 2.24) is 5.32 Å². The van der Waals surface area contributed by atoms with E-state index in [0.29, 0.717) is 0 Å². The average molecular weight is 218 g/mol. The van der Waals surface area contributed by atoms with Crippen LogP contribution in [0.2, 0.25) is 0 Å². The molecule has 5 nitrogen and oxygen atoms in total. The number of sulfone groups is 1. The Kier molecular flexibility index (Phi) is 3.66. The van der Waals surface area contributed by atoms with Crippen LogP contribution in [0.5, 0.6) is 0 Å². The highest BCUT2D eigenvalue weighted by atomic mass is 32.2. The van der Waals surface area contributed by atoms with Crippen LogP contribution in [0.15, 0.2) is 0 Å².